The molecule has 5 aliphatic carbocycles. The summed E-state index contributed by atoms with van der Waals surface area (Å²) in [6.07, 6.45) is 6.86. The fourth-order valence-electron chi connectivity index (χ4n) is 11.2. The summed E-state index contributed by atoms with van der Waals surface area (Å²) >= 11 is 0. The van der Waals surface area contributed by atoms with Crippen LogP contribution in [0.15, 0.2) is 11.6 Å². The predicted molar refractivity (Wildman–Crippen MR) is 141 cm³/mol. The fraction of sp³-hybridized carbons (Fsp3) is 0.903. The Balaban J connectivity index is 1.65. The Hall–Kier alpha value is -0.950. The molecule has 6 nitrogen and oxygen atoms in total. The number of hydrogen-bond donors (Lipinski definition) is 4. The normalized spacial score (nSPS) is 57.2. The molecule has 0 heterocycles. The monoisotopic (exact) mass is 518 g/mol. The van der Waals surface area contributed by atoms with Crippen molar-refractivity contribution in [2.24, 2.45) is 50.7 Å². The summed E-state index contributed by atoms with van der Waals surface area (Å²) in [6.45, 7) is 12.9. The number of hydrogen-bond acceptors (Lipinski definition) is 6. The summed E-state index contributed by atoms with van der Waals surface area (Å²) in [5.74, 6) is -0.0105. The van der Waals surface area contributed by atoms with Crippen LogP contribution in [0.3, 0.4) is 0 Å². The number of ether oxygens (including phenoxy) is 1. The molecule has 12 atom stereocenters. The van der Waals surface area contributed by atoms with Gasteiger partial charge in [-0.2, -0.15) is 0 Å². The molecule has 4 saturated carbocycles. The molecule has 0 aromatic heterocycles. The van der Waals surface area contributed by atoms with Gasteiger partial charge in [0.1, 0.15) is 0 Å². The van der Waals surface area contributed by atoms with Gasteiger partial charge in [-0.3, -0.25) is 4.79 Å². The van der Waals surface area contributed by atoms with E-state index in [2.05, 4.69) is 33.8 Å². The maximum absolute atomic E-state index is 13.4. The van der Waals surface area contributed by atoms with E-state index in [0.29, 0.717) is 12.8 Å². The highest BCUT2D eigenvalue weighted by atomic mass is 16.5. The number of fused-ring (bicyclic) bond motifs is 7. The van der Waals surface area contributed by atoms with Crippen molar-refractivity contribution in [2.75, 3.05) is 13.7 Å². The number of aliphatic hydroxyl groups excluding tert-OH is 3. The molecular weight excluding hydrogens is 468 g/mol. The predicted octanol–water partition coefficient (Wildman–Crippen LogP) is 4.24. The van der Waals surface area contributed by atoms with Crippen LogP contribution in [0.1, 0.15) is 92.9 Å². The maximum atomic E-state index is 13.4. The Morgan fingerprint density at radius 3 is 2.32 bits per heavy atom. The third-order valence-corrected chi connectivity index (χ3v) is 13.7. The molecule has 0 spiro atoms. The van der Waals surface area contributed by atoms with Crippen molar-refractivity contribution < 1.29 is 30.0 Å². The van der Waals surface area contributed by atoms with Crippen molar-refractivity contribution in [3.8, 4) is 0 Å². The van der Waals surface area contributed by atoms with E-state index in [0.717, 1.165) is 38.5 Å². The zero-order valence-electron chi connectivity index (χ0n) is 24.0. The van der Waals surface area contributed by atoms with Gasteiger partial charge < -0.3 is 25.2 Å². The van der Waals surface area contributed by atoms with Crippen molar-refractivity contribution in [2.45, 2.75) is 111 Å². The first-order chi connectivity index (χ1) is 17.1. The molecular formula is C31H50O6. The van der Waals surface area contributed by atoms with Crippen molar-refractivity contribution in [1.82, 2.24) is 0 Å². The van der Waals surface area contributed by atoms with Gasteiger partial charge in [-0.25, -0.2) is 0 Å². The highest BCUT2D eigenvalue weighted by Gasteiger charge is 2.72. The minimum Gasteiger partial charge on any atom is -0.469 e. The van der Waals surface area contributed by atoms with Crippen molar-refractivity contribution in [3.63, 3.8) is 0 Å². The van der Waals surface area contributed by atoms with Gasteiger partial charge in [0.25, 0.3) is 0 Å². The van der Waals surface area contributed by atoms with E-state index < -0.39 is 28.6 Å². The van der Waals surface area contributed by atoms with Crippen LogP contribution in [0, 0.1) is 50.7 Å². The lowest BCUT2D eigenvalue weighted by Gasteiger charge is -2.72. The average molecular weight is 519 g/mol. The maximum Gasteiger partial charge on any atom is 0.312 e. The number of esters is 1. The molecule has 6 heteroatoms. The summed E-state index contributed by atoms with van der Waals surface area (Å²) in [5.41, 5.74) is -1.75. The van der Waals surface area contributed by atoms with E-state index in [1.54, 1.807) is 0 Å². The smallest absolute Gasteiger partial charge is 0.312 e. The highest BCUT2D eigenvalue weighted by molar-refractivity contribution is 5.79. The van der Waals surface area contributed by atoms with Crippen LogP contribution >= 0.6 is 0 Å². The molecule has 5 aliphatic rings. The first kappa shape index (κ1) is 27.6. The fourth-order valence-corrected chi connectivity index (χ4v) is 11.2. The van der Waals surface area contributed by atoms with Gasteiger partial charge in [0.15, 0.2) is 0 Å². The SMILES string of the molecule is COC(=O)[C@]12CC[C@@H](C)[C@@](C)(O)[C@H]1C1=CC[C@@H]3[C@@]4(C)C[C@@H](O)[C@H](O)[C@@](C)(CO)[C@H]4CC[C@@]3(C)[C@]1(C)CC2. The number of allylic oxidation sites excluding steroid dienone is 1. The van der Waals surface area contributed by atoms with E-state index >= 15 is 0 Å². The number of methoxy groups -OCH3 is 1. The summed E-state index contributed by atoms with van der Waals surface area (Å²) < 4.78 is 5.41. The topological polar surface area (TPSA) is 107 Å². The Bertz CT molecular complexity index is 990. The second-order valence-corrected chi connectivity index (χ2v) is 14.9. The summed E-state index contributed by atoms with van der Waals surface area (Å²) in [4.78, 5) is 13.4. The molecule has 0 aliphatic heterocycles. The van der Waals surface area contributed by atoms with Gasteiger partial charge in [0, 0.05) is 11.3 Å². The average Bonchev–Trinajstić information content (AvgIpc) is 2.84. The number of carbonyl (C=O) groups excluding carboxylic acids is 1. The van der Waals surface area contributed by atoms with Gasteiger partial charge in [-0.1, -0.05) is 46.3 Å². The Morgan fingerprint density at radius 2 is 1.70 bits per heavy atom. The van der Waals surface area contributed by atoms with Gasteiger partial charge in [-0.15, -0.1) is 0 Å². The van der Waals surface area contributed by atoms with Crippen molar-refractivity contribution in [3.05, 3.63) is 11.6 Å². The van der Waals surface area contributed by atoms with Crippen LogP contribution in [-0.4, -0.2) is 57.9 Å². The molecule has 37 heavy (non-hydrogen) atoms. The summed E-state index contributed by atoms with van der Waals surface area (Å²) in [6, 6.07) is 0. The van der Waals surface area contributed by atoms with Crippen LogP contribution in [0.25, 0.3) is 0 Å². The van der Waals surface area contributed by atoms with E-state index in [1.807, 2.05) is 13.8 Å². The first-order valence-electron chi connectivity index (χ1n) is 14.6. The molecule has 0 aromatic carbocycles. The highest BCUT2D eigenvalue weighted by Crippen LogP contribution is 2.76. The molecule has 0 amide bonds. The Kier molecular flexibility index (Phi) is 6.18. The molecule has 0 unspecified atom stereocenters. The van der Waals surface area contributed by atoms with Crippen LogP contribution in [0.4, 0.5) is 0 Å². The van der Waals surface area contributed by atoms with E-state index in [-0.39, 0.29) is 52.5 Å². The zero-order valence-corrected chi connectivity index (χ0v) is 24.0. The van der Waals surface area contributed by atoms with Crippen molar-refractivity contribution in [1.29, 1.82) is 0 Å². The van der Waals surface area contributed by atoms with Gasteiger partial charge in [0.2, 0.25) is 0 Å². The van der Waals surface area contributed by atoms with Gasteiger partial charge in [-0.05, 0) is 92.3 Å². The third kappa shape index (κ3) is 3.16. The Morgan fingerprint density at radius 1 is 1.03 bits per heavy atom. The van der Waals surface area contributed by atoms with E-state index in [9.17, 15) is 25.2 Å². The standard InChI is InChI=1S/C31H50O6/c1-18-10-13-31(25(35)37-7)15-14-28(4)19(23(31)30(18,6)36)8-9-22-26(2)16-20(33)24(34)27(3,17-32)21(26)11-12-29(22,28)5/h8,18,20-24,32-34,36H,9-17H2,1-7H3/t18-,20-,21+,22-,23-,24+,26+,27+,28-,29-,30-,31+/m1/s1. The summed E-state index contributed by atoms with van der Waals surface area (Å²) in [5, 5.41) is 44.5. The molecule has 4 fully saturated rings. The minimum atomic E-state index is -1.01. The molecule has 5 rings (SSSR count). The van der Waals surface area contributed by atoms with Crippen LogP contribution < -0.4 is 0 Å². The van der Waals surface area contributed by atoms with Gasteiger partial charge >= 0.3 is 5.97 Å². The third-order valence-electron chi connectivity index (χ3n) is 13.7. The Labute approximate surface area is 222 Å². The zero-order chi connectivity index (χ0) is 27.4. The number of rotatable bonds is 2. The molecule has 210 valence electrons. The second-order valence-electron chi connectivity index (χ2n) is 14.9. The van der Waals surface area contributed by atoms with Crippen LogP contribution in [0.5, 0.6) is 0 Å². The molecule has 0 radical (unpaired) electrons. The van der Waals surface area contributed by atoms with Crippen LogP contribution in [0.2, 0.25) is 0 Å². The van der Waals surface area contributed by atoms with E-state index in [1.165, 1.54) is 12.7 Å². The lowest BCUT2D eigenvalue weighted by Crippen LogP contribution is -2.69. The lowest BCUT2D eigenvalue weighted by molar-refractivity contribution is -0.247. The van der Waals surface area contributed by atoms with Crippen molar-refractivity contribution >= 4 is 5.97 Å². The molecule has 0 aromatic rings. The second kappa shape index (κ2) is 8.28. The van der Waals surface area contributed by atoms with Crippen LogP contribution in [-0.2, 0) is 9.53 Å². The molecule has 0 bridgehead atoms. The van der Waals surface area contributed by atoms with E-state index in [4.69, 9.17) is 4.74 Å². The number of carbonyl (C=O) groups is 1. The summed E-state index contributed by atoms with van der Waals surface area (Å²) in [7, 11) is 1.48. The number of aliphatic hydroxyl groups is 4. The lowest BCUT2D eigenvalue weighted by atomic mass is 9.33. The molecule has 0 saturated heterocycles. The first-order valence-corrected chi connectivity index (χ1v) is 14.6. The molecule has 4 N–H and O–H groups in total. The minimum absolute atomic E-state index is 0.0811. The largest absolute Gasteiger partial charge is 0.469 e. The van der Waals surface area contributed by atoms with Gasteiger partial charge in [0.05, 0.1) is 36.9 Å². The quantitative estimate of drug-likeness (QED) is 0.322.